The van der Waals surface area contributed by atoms with Gasteiger partial charge in [-0.15, -0.1) is 0 Å². The zero-order valence-electron chi connectivity index (χ0n) is 14.8. The van der Waals surface area contributed by atoms with E-state index in [0.717, 1.165) is 42.5 Å². The Hall–Kier alpha value is -2.11. The van der Waals surface area contributed by atoms with Crippen LogP contribution in [0.4, 0.5) is 10.1 Å². The van der Waals surface area contributed by atoms with Crippen LogP contribution in [-0.2, 0) is 11.3 Å². The zero-order valence-corrected chi connectivity index (χ0v) is 15.5. The lowest BCUT2D eigenvalue weighted by Crippen LogP contribution is -2.53. The van der Waals surface area contributed by atoms with Crippen LogP contribution in [0.2, 0.25) is 5.02 Å². The van der Waals surface area contributed by atoms with Crippen LogP contribution < -0.4 is 10.2 Å². The van der Waals surface area contributed by atoms with E-state index >= 15 is 0 Å². The van der Waals surface area contributed by atoms with E-state index in [2.05, 4.69) is 15.1 Å². The van der Waals surface area contributed by atoms with E-state index < -0.39 is 0 Å². The number of benzene rings is 2. The van der Waals surface area contributed by atoms with E-state index in [1.165, 1.54) is 12.1 Å². The highest BCUT2D eigenvalue weighted by molar-refractivity contribution is 6.33. The van der Waals surface area contributed by atoms with Gasteiger partial charge in [-0.25, -0.2) is 4.39 Å². The molecule has 1 N–H and O–H groups in total. The summed E-state index contributed by atoms with van der Waals surface area (Å²) in [6.45, 7) is 5.60. The van der Waals surface area contributed by atoms with E-state index in [1.54, 1.807) is 12.1 Å². The van der Waals surface area contributed by atoms with Crippen molar-refractivity contribution in [2.24, 2.45) is 0 Å². The maximum Gasteiger partial charge on any atom is 0.237 e. The molecule has 0 spiro atoms. The molecule has 26 heavy (non-hydrogen) atoms. The predicted molar refractivity (Wildman–Crippen MR) is 103 cm³/mol. The van der Waals surface area contributed by atoms with Gasteiger partial charge in [0.1, 0.15) is 5.82 Å². The second kappa shape index (κ2) is 8.52. The molecule has 1 saturated heterocycles. The number of carbonyl (C=O) groups excluding carboxylic acids is 1. The fourth-order valence-electron chi connectivity index (χ4n) is 3.16. The van der Waals surface area contributed by atoms with Crippen LogP contribution >= 0.6 is 11.6 Å². The lowest BCUT2D eigenvalue weighted by Gasteiger charge is -2.38. The van der Waals surface area contributed by atoms with Gasteiger partial charge in [-0.1, -0.05) is 35.9 Å². The summed E-state index contributed by atoms with van der Waals surface area (Å²) in [4.78, 5) is 16.9. The van der Waals surface area contributed by atoms with Crippen molar-refractivity contribution >= 4 is 23.2 Å². The van der Waals surface area contributed by atoms with Gasteiger partial charge in [0.15, 0.2) is 0 Å². The molecule has 3 rings (SSSR count). The van der Waals surface area contributed by atoms with Crippen LogP contribution in [0.15, 0.2) is 48.5 Å². The Balaban J connectivity index is 1.49. The van der Waals surface area contributed by atoms with Gasteiger partial charge in [0.05, 0.1) is 16.8 Å². The van der Waals surface area contributed by atoms with Crippen LogP contribution in [0.3, 0.4) is 0 Å². The smallest absolute Gasteiger partial charge is 0.237 e. The van der Waals surface area contributed by atoms with Crippen molar-refractivity contribution in [1.29, 1.82) is 0 Å². The quantitative estimate of drug-likeness (QED) is 0.870. The molecule has 1 atom stereocenters. The molecule has 1 amide bonds. The van der Waals surface area contributed by atoms with Crippen molar-refractivity contribution in [3.63, 3.8) is 0 Å². The molecule has 2 aromatic rings. The highest BCUT2D eigenvalue weighted by Gasteiger charge is 2.26. The van der Waals surface area contributed by atoms with Crippen LogP contribution in [0, 0.1) is 5.82 Å². The third-order valence-electron chi connectivity index (χ3n) is 4.81. The van der Waals surface area contributed by atoms with Crippen molar-refractivity contribution in [1.82, 2.24) is 10.2 Å². The number of hydrogen-bond donors (Lipinski definition) is 1. The first-order valence-corrected chi connectivity index (χ1v) is 9.18. The van der Waals surface area contributed by atoms with Gasteiger partial charge in [0.25, 0.3) is 0 Å². The summed E-state index contributed by atoms with van der Waals surface area (Å²) in [6, 6.07) is 13.8. The average Bonchev–Trinajstić information content (AvgIpc) is 2.67. The molecule has 1 aliphatic heterocycles. The van der Waals surface area contributed by atoms with Gasteiger partial charge in [0, 0.05) is 32.7 Å². The van der Waals surface area contributed by atoms with Gasteiger partial charge in [-0.2, -0.15) is 0 Å². The Morgan fingerprint density at radius 1 is 1.12 bits per heavy atom. The predicted octanol–water partition coefficient (Wildman–Crippen LogP) is 3.31. The van der Waals surface area contributed by atoms with E-state index in [0.29, 0.717) is 6.54 Å². The number of piperazine rings is 1. The van der Waals surface area contributed by atoms with Crippen molar-refractivity contribution < 1.29 is 9.18 Å². The minimum atomic E-state index is -0.273. The molecule has 4 nitrogen and oxygen atoms in total. The van der Waals surface area contributed by atoms with Crippen LogP contribution in [0.5, 0.6) is 0 Å². The molecule has 0 aliphatic carbocycles. The standard InChI is InChI=1S/C20H23ClFN3O/c1-15(20(26)23-14-16-6-8-17(22)9-7-16)24-10-12-25(13-11-24)19-5-3-2-4-18(19)21/h2-9,15H,10-14H2,1H3,(H,23,26). The minimum absolute atomic E-state index is 0.0134. The Labute approximate surface area is 158 Å². The largest absolute Gasteiger partial charge is 0.368 e. The van der Waals surface area contributed by atoms with Gasteiger partial charge in [-0.05, 0) is 36.8 Å². The molecular weight excluding hydrogens is 353 g/mol. The van der Waals surface area contributed by atoms with Gasteiger partial charge in [-0.3, -0.25) is 9.69 Å². The molecular formula is C20H23ClFN3O. The lowest BCUT2D eigenvalue weighted by atomic mass is 10.2. The Morgan fingerprint density at radius 2 is 1.77 bits per heavy atom. The normalized spacial score (nSPS) is 16.3. The summed E-state index contributed by atoms with van der Waals surface area (Å²) in [6.07, 6.45) is 0. The SMILES string of the molecule is CC(C(=O)NCc1ccc(F)cc1)N1CCN(c2ccccc2Cl)CC1. The third kappa shape index (κ3) is 4.54. The first kappa shape index (κ1) is 18.7. The molecule has 0 saturated carbocycles. The number of rotatable bonds is 5. The van der Waals surface area contributed by atoms with E-state index in [-0.39, 0.29) is 17.8 Å². The monoisotopic (exact) mass is 375 g/mol. The number of anilines is 1. The third-order valence-corrected chi connectivity index (χ3v) is 5.13. The maximum atomic E-state index is 12.9. The topological polar surface area (TPSA) is 35.6 Å². The summed E-state index contributed by atoms with van der Waals surface area (Å²) < 4.78 is 12.9. The number of halogens is 2. The van der Waals surface area contributed by atoms with Crippen molar-refractivity contribution in [3.05, 3.63) is 64.9 Å². The van der Waals surface area contributed by atoms with Crippen LogP contribution in [0.25, 0.3) is 0 Å². The average molecular weight is 376 g/mol. The molecule has 6 heteroatoms. The second-order valence-electron chi connectivity index (χ2n) is 6.49. The van der Waals surface area contributed by atoms with E-state index in [9.17, 15) is 9.18 Å². The van der Waals surface area contributed by atoms with E-state index in [1.807, 2.05) is 31.2 Å². The summed E-state index contributed by atoms with van der Waals surface area (Å²) in [5.74, 6) is -0.287. The van der Waals surface area contributed by atoms with Crippen molar-refractivity contribution in [3.8, 4) is 0 Å². The summed E-state index contributed by atoms with van der Waals surface area (Å²) >= 11 is 6.27. The number of hydrogen-bond acceptors (Lipinski definition) is 3. The Kier molecular flexibility index (Phi) is 6.12. The number of nitrogens with one attached hydrogen (secondary N) is 1. The zero-order chi connectivity index (χ0) is 18.5. The van der Waals surface area contributed by atoms with Crippen LogP contribution in [-0.4, -0.2) is 43.0 Å². The fraction of sp³-hybridized carbons (Fsp3) is 0.350. The Morgan fingerprint density at radius 3 is 2.42 bits per heavy atom. The highest BCUT2D eigenvalue weighted by atomic mass is 35.5. The molecule has 1 heterocycles. The number of nitrogens with zero attached hydrogens (tertiary/aromatic N) is 2. The molecule has 0 radical (unpaired) electrons. The summed E-state index contributed by atoms with van der Waals surface area (Å²) in [5, 5.41) is 3.69. The first-order chi connectivity index (χ1) is 12.5. The molecule has 1 fully saturated rings. The lowest BCUT2D eigenvalue weighted by molar-refractivity contribution is -0.126. The molecule has 2 aromatic carbocycles. The van der Waals surface area contributed by atoms with Crippen molar-refractivity contribution in [2.45, 2.75) is 19.5 Å². The second-order valence-corrected chi connectivity index (χ2v) is 6.90. The Bertz CT molecular complexity index is 745. The van der Waals surface area contributed by atoms with Crippen molar-refractivity contribution in [2.75, 3.05) is 31.1 Å². The first-order valence-electron chi connectivity index (χ1n) is 8.80. The minimum Gasteiger partial charge on any atom is -0.368 e. The molecule has 0 bridgehead atoms. The molecule has 0 aromatic heterocycles. The number of para-hydroxylation sites is 1. The van der Waals surface area contributed by atoms with Gasteiger partial charge >= 0.3 is 0 Å². The molecule has 1 aliphatic rings. The van der Waals surface area contributed by atoms with E-state index in [4.69, 9.17) is 11.6 Å². The van der Waals surface area contributed by atoms with Crippen LogP contribution in [0.1, 0.15) is 12.5 Å². The fourth-order valence-corrected chi connectivity index (χ4v) is 3.42. The summed E-state index contributed by atoms with van der Waals surface area (Å²) in [7, 11) is 0. The number of carbonyl (C=O) groups is 1. The number of amides is 1. The van der Waals surface area contributed by atoms with Gasteiger partial charge in [0.2, 0.25) is 5.91 Å². The maximum absolute atomic E-state index is 12.9. The summed E-state index contributed by atoms with van der Waals surface area (Å²) in [5.41, 5.74) is 1.93. The highest BCUT2D eigenvalue weighted by Crippen LogP contribution is 2.26. The molecule has 1 unspecified atom stereocenters. The molecule has 138 valence electrons. The van der Waals surface area contributed by atoms with Gasteiger partial charge < -0.3 is 10.2 Å².